The van der Waals surface area contributed by atoms with Crippen molar-refractivity contribution in [1.29, 1.82) is 0 Å². The minimum atomic E-state index is -1.54. The van der Waals surface area contributed by atoms with Crippen molar-refractivity contribution in [3.05, 3.63) is 11.1 Å². The smallest absolute Gasteiger partial charge is 0.410 e. The van der Waals surface area contributed by atoms with Gasteiger partial charge in [-0.05, 0) is 27.2 Å². The van der Waals surface area contributed by atoms with Crippen LogP contribution >= 0.6 is 0 Å². The van der Waals surface area contributed by atoms with Crippen molar-refractivity contribution < 1.29 is 19.1 Å². The molecule has 1 rings (SSSR count). The van der Waals surface area contributed by atoms with Crippen LogP contribution in [-0.4, -0.2) is 50.8 Å². The van der Waals surface area contributed by atoms with Gasteiger partial charge >= 0.3 is 12.1 Å². The van der Waals surface area contributed by atoms with Crippen LogP contribution in [0.4, 0.5) is 4.79 Å². The fourth-order valence-electron chi connectivity index (χ4n) is 1.96. The number of methoxy groups -OCH3 is 1. The van der Waals surface area contributed by atoms with Crippen LogP contribution < -0.4 is 0 Å². The number of carbonyl (C=O) groups excluding carboxylic acids is 2. The second kappa shape index (κ2) is 7.22. The van der Waals surface area contributed by atoms with Gasteiger partial charge in [0.15, 0.2) is 0 Å². The first-order chi connectivity index (χ1) is 10.4. The van der Waals surface area contributed by atoms with E-state index < -0.39 is 25.7 Å². The van der Waals surface area contributed by atoms with Crippen molar-refractivity contribution in [3.63, 3.8) is 0 Å². The molecule has 0 aromatic carbocycles. The highest BCUT2D eigenvalue weighted by atomic mass is 28.3. The first-order valence-electron chi connectivity index (χ1n) is 7.74. The molecular weight excluding hydrogens is 310 g/mol. The summed E-state index contributed by atoms with van der Waals surface area (Å²) in [7, 11) is -0.200. The Morgan fingerprint density at radius 3 is 2.30 bits per heavy atom. The minimum absolute atomic E-state index is 0.178. The first-order valence-corrected chi connectivity index (χ1v) is 11.2. The van der Waals surface area contributed by atoms with Gasteiger partial charge in [0, 0.05) is 12.1 Å². The average Bonchev–Trinajstić information content (AvgIpc) is 2.41. The van der Waals surface area contributed by atoms with Crippen molar-refractivity contribution in [2.45, 2.75) is 52.4 Å². The van der Waals surface area contributed by atoms with Crippen molar-refractivity contribution in [2.24, 2.45) is 0 Å². The largest absolute Gasteiger partial charge is 0.466 e. The topological polar surface area (TPSA) is 55.8 Å². The highest BCUT2D eigenvalue weighted by molar-refractivity contribution is 6.83. The van der Waals surface area contributed by atoms with Crippen LogP contribution in [0.5, 0.6) is 0 Å². The molecule has 1 amide bonds. The molecule has 1 aliphatic heterocycles. The summed E-state index contributed by atoms with van der Waals surface area (Å²) in [6.07, 6.45) is 0.123. The van der Waals surface area contributed by atoms with Gasteiger partial charge < -0.3 is 14.4 Å². The number of carbonyl (C=O) groups is 2. The summed E-state index contributed by atoms with van der Waals surface area (Å²) in [5, 5.41) is 0. The van der Waals surface area contributed by atoms with E-state index >= 15 is 0 Å². The predicted molar refractivity (Wildman–Crippen MR) is 92.6 cm³/mol. The summed E-state index contributed by atoms with van der Waals surface area (Å²) < 4.78 is 10.2. The van der Waals surface area contributed by atoms with E-state index in [-0.39, 0.29) is 6.54 Å². The quantitative estimate of drug-likeness (QED) is 0.419. The van der Waals surface area contributed by atoms with Crippen molar-refractivity contribution in [1.82, 2.24) is 4.90 Å². The lowest BCUT2D eigenvalue weighted by Gasteiger charge is -2.30. The van der Waals surface area contributed by atoms with Gasteiger partial charge in [-0.1, -0.05) is 25.6 Å². The molecule has 128 valence electrons. The van der Waals surface area contributed by atoms with Gasteiger partial charge in [-0.3, -0.25) is 0 Å². The third-order valence-electron chi connectivity index (χ3n) is 3.02. The monoisotopic (exact) mass is 337 g/mol. The Bertz CT molecular complexity index is 570. The second-order valence-electron chi connectivity index (χ2n) is 7.60. The highest BCUT2D eigenvalue weighted by Crippen LogP contribution is 2.21. The zero-order valence-corrected chi connectivity index (χ0v) is 16.2. The van der Waals surface area contributed by atoms with Crippen LogP contribution in [0.3, 0.4) is 0 Å². The Kier molecular flexibility index (Phi) is 6.06. The molecule has 0 aromatic heterocycles. The number of esters is 1. The van der Waals surface area contributed by atoms with Crippen LogP contribution in [0.1, 0.15) is 27.2 Å². The number of nitrogens with zero attached hydrogens (tertiary/aromatic N) is 1. The number of ether oxygens (including phenoxy) is 2. The zero-order chi connectivity index (χ0) is 17.8. The molecule has 0 aliphatic carbocycles. The standard InChI is InChI=1S/C17H27NO4Si/c1-17(2,3)22-16(20)18-10-8-13(9-11-23(5,6)7)14(12-18)15(19)21-4/h8,10,12H2,1-7H3. The van der Waals surface area contributed by atoms with E-state index in [1.165, 1.54) is 12.0 Å². The highest BCUT2D eigenvalue weighted by Gasteiger charge is 2.29. The first kappa shape index (κ1) is 19.3. The molecule has 0 atom stereocenters. The normalized spacial score (nSPS) is 15.7. The molecule has 6 heteroatoms. The lowest BCUT2D eigenvalue weighted by molar-refractivity contribution is -0.136. The SMILES string of the molecule is COC(=O)C1=C(C#C[Si](C)(C)C)CCN(C(=O)OC(C)(C)C)C1. The summed E-state index contributed by atoms with van der Waals surface area (Å²) in [6.45, 7) is 12.6. The molecule has 0 spiro atoms. The maximum absolute atomic E-state index is 12.2. The Balaban J connectivity index is 3.03. The summed E-state index contributed by atoms with van der Waals surface area (Å²) in [5.74, 6) is 2.71. The molecule has 0 fully saturated rings. The Labute approximate surface area is 140 Å². The predicted octanol–water partition coefficient (Wildman–Crippen LogP) is 2.98. The zero-order valence-electron chi connectivity index (χ0n) is 15.2. The molecule has 0 saturated carbocycles. The summed E-state index contributed by atoms with van der Waals surface area (Å²) in [4.78, 5) is 25.8. The fourth-order valence-corrected chi connectivity index (χ4v) is 2.48. The molecule has 0 radical (unpaired) electrons. The lowest BCUT2D eigenvalue weighted by atomic mass is 10.0. The van der Waals surface area contributed by atoms with Crippen LogP contribution in [0.2, 0.25) is 19.6 Å². The summed E-state index contributed by atoms with van der Waals surface area (Å²) in [6, 6.07) is 0. The third-order valence-corrected chi connectivity index (χ3v) is 3.89. The van der Waals surface area contributed by atoms with Crippen LogP contribution in [0.25, 0.3) is 0 Å². The molecule has 0 saturated heterocycles. The molecule has 0 aromatic rings. The molecule has 1 aliphatic rings. The molecule has 5 nitrogen and oxygen atoms in total. The number of hydrogen-bond acceptors (Lipinski definition) is 4. The Morgan fingerprint density at radius 2 is 1.83 bits per heavy atom. The van der Waals surface area contributed by atoms with Crippen LogP contribution in [0.15, 0.2) is 11.1 Å². The third kappa shape index (κ3) is 6.49. The van der Waals surface area contributed by atoms with Crippen LogP contribution in [-0.2, 0) is 14.3 Å². The minimum Gasteiger partial charge on any atom is -0.466 e. The number of hydrogen-bond donors (Lipinski definition) is 0. The van der Waals surface area contributed by atoms with Gasteiger partial charge in [0.25, 0.3) is 0 Å². The Hall–Kier alpha value is -1.74. The molecule has 0 bridgehead atoms. The number of amides is 1. The van der Waals surface area contributed by atoms with E-state index in [1.807, 2.05) is 20.8 Å². The van der Waals surface area contributed by atoms with Crippen LogP contribution in [0, 0.1) is 11.5 Å². The van der Waals surface area contributed by atoms with E-state index in [4.69, 9.17) is 9.47 Å². The van der Waals surface area contributed by atoms with Gasteiger partial charge in [-0.25, -0.2) is 9.59 Å². The molecule has 1 heterocycles. The molecule has 23 heavy (non-hydrogen) atoms. The fraction of sp³-hybridized carbons (Fsp3) is 0.647. The van der Waals surface area contributed by atoms with Gasteiger partial charge in [0.05, 0.1) is 19.2 Å². The van der Waals surface area contributed by atoms with E-state index in [0.717, 1.165) is 5.57 Å². The van der Waals surface area contributed by atoms with Crippen molar-refractivity contribution in [3.8, 4) is 11.5 Å². The average molecular weight is 337 g/mol. The lowest BCUT2D eigenvalue weighted by Crippen LogP contribution is -2.42. The summed E-state index contributed by atoms with van der Waals surface area (Å²) >= 11 is 0. The molecular formula is C17H27NO4Si. The Morgan fingerprint density at radius 1 is 1.22 bits per heavy atom. The number of rotatable bonds is 1. The van der Waals surface area contributed by atoms with E-state index in [0.29, 0.717) is 18.5 Å². The maximum atomic E-state index is 12.2. The van der Waals surface area contributed by atoms with Crippen molar-refractivity contribution in [2.75, 3.05) is 20.2 Å². The van der Waals surface area contributed by atoms with Gasteiger partial charge in [0.1, 0.15) is 13.7 Å². The van der Waals surface area contributed by atoms with E-state index in [2.05, 4.69) is 31.1 Å². The molecule has 0 N–H and O–H groups in total. The maximum Gasteiger partial charge on any atom is 0.410 e. The summed E-state index contributed by atoms with van der Waals surface area (Å²) in [5.41, 5.74) is 3.94. The van der Waals surface area contributed by atoms with Gasteiger partial charge in [0.2, 0.25) is 0 Å². The van der Waals surface area contributed by atoms with Gasteiger partial charge in [-0.15, -0.1) is 5.54 Å². The molecule has 0 unspecified atom stereocenters. The van der Waals surface area contributed by atoms with Crippen molar-refractivity contribution >= 4 is 20.1 Å². The second-order valence-corrected chi connectivity index (χ2v) is 12.4. The van der Waals surface area contributed by atoms with E-state index in [1.54, 1.807) is 0 Å². The van der Waals surface area contributed by atoms with Gasteiger partial charge in [-0.2, -0.15) is 0 Å². The van der Waals surface area contributed by atoms with E-state index in [9.17, 15) is 9.59 Å².